The lowest BCUT2D eigenvalue weighted by molar-refractivity contribution is -0.137. The molecule has 1 aromatic carbocycles. The quantitative estimate of drug-likeness (QED) is 0.554. The largest absolute Gasteiger partial charge is 0.474 e. The van der Waals surface area contributed by atoms with E-state index in [2.05, 4.69) is 4.98 Å². The van der Waals surface area contributed by atoms with Crippen molar-refractivity contribution in [1.82, 2.24) is 4.98 Å². The summed E-state index contributed by atoms with van der Waals surface area (Å²) in [6.45, 7) is 1.95. The van der Waals surface area contributed by atoms with Crippen LogP contribution in [0.4, 0.5) is 13.2 Å². The Hall–Kier alpha value is -2.13. The van der Waals surface area contributed by atoms with Crippen molar-refractivity contribution >= 4 is 10.1 Å². The van der Waals surface area contributed by atoms with E-state index >= 15 is 0 Å². The summed E-state index contributed by atoms with van der Waals surface area (Å²) >= 11 is 0. The molecule has 0 saturated heterocycles. The molecule has 30 heavy (non-hydrogen) atoms. The highest BCUT2D eigenvalue weighted by molar-refractivity contribution is 7.86. The van der Waals surface area contributed by atoms with Crippen molar-refractivity contribution in [3.05, 3.63) is 53.7 Å². The predicted molar refractivity (Wildman–Crippen MR) is 105 cm³/mol. The zero-order valence-electron chi connectivity index (χ0n) is 16.6. The topological polar surface area (TPSA) is 65.5 Å². The van der Waals surface area contributed by atoms with Gasteiger partial charge in [-0.05, 0) is 75.3 Å². The fourth-order valence-corrected chi connectivity index (χ4v) is 4.42. The number of halogens is 3. The van der Waals surface area contributed by atoms with E-state index in [9.17, 15) is 21.6 Å². The van der Waals surface area contributed by atoms with Crippen LogP contribution in [0.2, 0.25) is 0 Å². The Morgan fingerprint density at radius 1 is 1.07 bits per heavy atom. The first-order valence-corrected chi connectivity index (χ1v) is 11.2. The minimum absolute atomic E-state index is 0.00110. The van der Waals surface area contributed by atoms with Crippen molar-refractivity contribution in [2.45, 2.75) is 56.2 Å². The molecule has 5 nitrogen and oxygen atoms in total. The third-order valence-electron chi connectivity index (χ3n) is 5.27. The van der Waals surface area contributed by atoms with Crippen LogP contribution in [0.5, 0.6) is 5.88 Å². The van der Waals surface area contributed by atoms with Crippen molar-refractivity contribution in [1.29, 1.82) is 0 Å². The Morgan fingerprint density at radius 3 is 2.33 bits per heavy atom. The highest BCUT2D eigenvalue weighted by Crippen LogP contribution is 2.31. The van der Waals surface area contributed by atoms with Crippen LogP contribution in [0.1, 0.15) is 43.2 Å². The Balaban J connectivity index is 1.44. The average Bonchev–Trinajstić information content (AvgIpc) is 2.70. The van der Waals surface area contributed by atoms with Gasteiger partial charge in [-0.1, -0.05) is 6.07 Å². The van der Waals surface area contributed by atoms with E-state index in [0.29, 0.717) is 18.2 Å². The normalized spacial score (nSPS) is 20.1. The SMILES string of the molecule is Cc1cccnc1O[C@H]1CC[C@@H](CCOS(=O)(=O)c2ccc(C(F)(F)F)cc2)CC1. The van der Waals surface area contributed by atoms with Crippen molar-refractivity contribution in [3.63, 3.8) is 0 Å². The molecule has 0 radical (unpaired) electrons. The molecule has 3 rings (SSSR count). The molecule has 0 spiro atoms. The second kappa shape index (κ2) is 9.34. The van der Waals surface area contributed by atoms with Crippen LogP contribution >= 0.6 is 0 Å². The zero-order valence-corrected chi connectivity index (χ0v) is 17.4. The molecule has 1 fully saturated rings. The zero-order chi connectivity index (χ0) is 21.8. The first-order chi connectivity index (χ1) is 14.1. The van der Waals surface area contributed by atoms with Gasteiger partial charge in [0.05, 0.1) is 17.1 Å². The summed E-state index contributed by atoms with van der Waals surface area (Å²) in [5.74, 6) is 0.962. The highest BCUT2D eigenvalue weighted by atomic mass is 32.2. The molecule has 0 atom stereocenters. The Morgan fingerprint density at radius 2 is 1.73 bits per heavy atom. The molecule has 2 aromatic rings. The standard InChI is InChI=1S/C21H24F3NO4S/c1-15-3-2-13-25-20(15)29-18-8-4-16(5-9-18)12-14-28-30(26,27)19-10-6-17(7-11-19)21(22,23)24/h2-3,6-7,10-11,13,16,18H,4-5,8-9,12,14H2,1H3/t16-,18+. The Bertz CT molecular complexity index is 937. The molecule has 0 amide bonds. The van der Waals surface area contributed by atoms with Crippen LogP contribution in [0, 0.1) is 12.8 Å². The molecular weight excluding hydrogens is 419 g/mol. The summed E-state index contributed by atoms with van der Waals surface area (Å²) in [5.41, 5.74) is 0.0859. The number of aromatic nitrogens is 1. The molecule has 0 unspecified atom stereocenters. The second-order valence-corrected chi connectivity index (χ2v) is 9.09. The van der Waals surface area contributed by atoms with Gasteiger partial charge >= 0.3 is 6.18 Å². The lowest BCUT2D eigenvalue weighted by atomic mass is 9.85. The van der Waals surface area contributed by atoms with E-state index in [0.717, 1.165) is 55.5 Å². The van der Waals surface area contributed by atoms with Crippen molar-refractivity contribution in [2.24, 2.45) is 5.92 Å². The van der Waals surface area contributed by atoms with Crippen molar-refractivity contribution in [2.75, 3.05) is 6.61 Å². The van der Waals surface area contributed by atoms with Crippen molar-refractivity contribution in [3.8, 4) is 5.88 Å². The maximum Gasteiger partial charge on any atom is 0.416 e. The number of hydrogen-bond donors (Lipinski definition) is 0. The van der Waals surface area contributed by atoms with Crippen LogP contribution in [0.15, 0.2) is 47.5 Å². The van der Waals surface area contributed by atoms with E-state index in [4.69, 9.17) is 8.92 Å². The maximum absolute atomic E-state index is 12.6. The smallest absolute Gasteiger partial charge is 0.416 e. The molecule has 1 saturated carbocycles. The van der Waals surface area contributed by atoms with Gasteiger partial charge in [0.15, 0.2) is 0 Å². The van der Waals surface area contributed by atoms with Crippen molar-refractivity contribution < 1.29 is 30.5 Å². The summed E-state index contributed by atoms with van der Waals surface area (Å²) in [4.78, 5) is 3.97. The van der Waals surface area contributed by atoms with Crippen LogP contribution in [0.25, 0.3) is 0 Å². The third-order valence-corrected chi connectivity index (χ3v) is 6.59. The molecule has 1 aliphatic carbocycles. The number of pyridine rings is 1. The van der Waals surface area contributed by atoms with Gasteiger partial charge in [0.1, 0.15) is 6.10 Å². The van der Waals surface area contributed by atoms with Gasteiger partial charge < -0.3 is 4.74 Å². The molecule has 0 N–H and O–H groups in total. The fraction of sp³-hybridized carbons (Fsp3) is 0.476. The summed E-state index contributed by atoms with van der Waals surface area (Å²) in [5, 5.41) is 0. The molecule has 0 aliphatic heterocycles. The van der Waals surface area contributed by atoms with Crippen LogP contribution in [-0.2, 0) is 20.5 Å². The molecule has 164 valence electrons. The molecular formula is C21H24F3NO4S. The summed E-state index contributed by atoms with van der Waals surface area (Å²) in [7, 11) is -4.08. The fourth-order valence-electron chi connectivity index (χ4n) is 3.49. The minimum atomic E-state index is -4.51. The van der Waals surface area contributed by atoms with E-state index in [1.165, 1.54) is 0 Å². The van der Waals surface area contributed by atoms with Crippen LogP contribution in [-0.4, -0.2) is 26.1 Å². The molecule has 9 heteroatoms. The minimum Gasteiger partial charge on any atom is -0.474 e. The molecule has 0 bridgehead atoms. The maximum atomic E-state index is 12.6. The highest BCUT2D eigenvalue weighted by Gasteiger charge is 2.31. The summed E-state index contributed by atoms with van der Waals surface area (Å²) < 4.78 is 73.2. The van der Waals surface area contributed by atoms with Gasteiger partial charge in [-0.3, -0.25) is 4.18 Å². The number of aryl methyl sites for hydroxylation is 1. The van der Waals surface area contributed by atoms with Crippen LogP contribution in [0.3, 0.4) is 0 Å². The second-order valence-electron chi connectivity index (χ2n) is 7.47. The number of rotatable bonds is 7. The van der Waals surface area contributed by atoms with Gasteiger partial charge in [-0.15, -0.1) is 0 Å². The number of alkyl halides is 3. The lowest BCUT2D eigenvalue weighted by Gasteiger charge is -2.28. The van der Waals surface area contributed by atoms with E-state index < -0.39 is 21.9 Å². The van der Waals surface area contributed by atoms with E-state index in [1.807, 2.05) is 19.1 Å². The van der Waals surface area contributed by atoms with Gasteiger partial charge in [-0.25, -0.2) is 4.98 Å². The number of benzene rings is 1. The van der Waals surface area contributed by atoms with Crippen LogP contribution < -0.4 is 4.74 Å². The monoisotopic (exact) mass is 443 g/mol. The molecule has 1 aromatic heterocycles. The number of hydrogen-bond acceptors (Lipinski definition) is 5. The summed E-state index contributed by atoms with van der Waals surface area (Å²) in [6.07, 6.45) is 1.32. The van der Waals surface area contributed by atoms with Gasteiger partial charge in [-0.2, -0.15) is 21.6 Å². The predicted octanol–water partition coefficient (Wildman–Crippen LogP) is 5.14. The first kappa shape index (κ1) is 22.6. The Kier molecular flexibility index (Phi) is 7.02. The Labute approximate surface area is 174 Å². The van der Waals surface area contributed by atoms with Gasteiger partial charge in [0, 0.05) is 11.8 Å². The summed E-state index contributed by atoms with van der Waals surface area (Å²) in [6, 6.07) is 7.11. The number of ether oxygens (including phenoxy) is 1. The first-order valence-electron chi connectivity index (χ1n) is 9.80. The van der Waals surface area contributed by atoms with Gasteiger partial charge in [0.25, 0.3) is 10.1 Å². The number of nitrogens with zero attached hydrogens (tertiary/aromatic N) is 1. The van der Waals surface area contributed by atoms with E-state index in [-0.39, 0.29) is 17.6 Å². The van der Waals surface area contributed by atoms with Gasteiger partial charge in [0.2, 0.25) is 5.88 Å². The third kappa shape index (κ3) is 5.95. The lowest BCUT2D eigenvalue weighted by Crippen LogP contribution is -2.25. The average molecular weight is 443 g/mol. The van der Waals surface area contributed by atoms with E-state index in [1.54, 1.807) is 6.20 Å². The molecule has 1 heterocycles. The molecule has 1 aliphatic rings.